The predicted molar refractivity (Wildman–Crippen MR) is 119 cm³/mol. The van der Waals surface area contributed by atoms with Crippen molar-refractivity contribution >= 4 is 11.9 Å². The molecule has 160 valence electrons. The molecule has 1 unspecified atom stereocenters. The number of hydrogen-bond acceptors (Lipinski definition) is 3. The third kappa shape index (κ3) is 6.74. The lowest BCUT2D eigenvalue weighted by molar-refractivity contribution is -0.121. The summed E-state index contributed by atoms with van der Waals surface area (Å²) < 4.78 is 0. The standard InChI is InChI=1S/C23H37N5O/c1-3-21(19-9-6-5-7-10-19)27-15-17-28(18-16-27)23(24-4-2)25-14-8-11-22(29)26-20-12-13-20/h5-7,9-10,20-21H,3-4,8,11-18H2,1-2H3,(H,24,25)(H,26,29). The van der Waals surface area contributed by atoms with Crippen molar-refractivity contribution in [1.29, 1.82) is 0 Å². The second kappa shape index (κ2) is 11.2. The van der Waals surface area contributed by atoms with Gasteiger partial charge in [0.2, 0.25) is 5.91 Å². The van der Waals surface area contributed by atoms with Crippen LogP contribution in [0.1, 0.15) is 57.6 Å². The largest absolute Gasteiger partial charge is 0.357 e. The van der Waals surface area contributed by atoms with Crippen LogP contribution >= 0.6 is 0 Å². The molecule has 6 heteroatoms. The minimum atomic E-state index is 0.174. The zero-order chi connectivity index (χ0) is 20.5. The van der Waals surface area contributed by atoms with Crippen molar-refractivity contribution in [1.82, 2.24) is 20.4 Å². The number of nitrogens with one attached hydrogen (secondary N) is 2. The van der Waals surface area contributed by atoms with Gasteiger partial charge in [0, 0.05) is 57.8 Å². The topological polar surface area (TPSA) is 60.0 Å². The van der Waals surface area contributed by atoms with Crippen molar-refractivity contribution < 1.29 is 4.79 Å². The van der Waals surface area contributed by atoms with Gasteiger partial charge in [-0.1, -0.05) is 37.3 Å². The van der Waals surface area contributed by atoms with E-state index >= 15 is 0 Å². The normalized spacial score (nSPS) is 19.1. The van der Waals surface area contributed by atoms with E-state index in [9.17, 15) is 4.79 Å². The van der Waals surface area contributed by atoms with Gasteiger partial charge in [-0.05, 0) is 38.2 Å². The molecule has 3 rings (SSSR count). The van der Waals surface area contributed by atoms with Crippen LogP contribution in [0.2, 0.25) is 0 Å². The fourth-order valence-electron chi connectivity index (χ4n) is 4.00. The van der Waals surface area contributed by atoms with Crippen LogP contribution in [0, 0.1) is 0 Å². The molecule has 2 N–H and O–H groups in total. The lowest BCUT2D eigenvalue weighted by atomic mass is 10.0. The van der Waals surface area contributed by atoms with Gasteiger partial charge in [0.15, 0.2) is 5.96 Å². The van der Waals surface area contributed by atoms with Crippen molar-refractivity contribution in [2.24, 2.45) is 4.99 Å². The lowest BCUT2D eigenvalue weighted by Crippen LogP contribution is -2.53. The Bertz CT molecular complexity index is 650. The van der Waals surface area contributed by atoms with Crippen molar-refractivity contribution in [3.8, 4) is 0 Å². The Morgan fingerprint density at radius 3 is 2.48 bits per heavy atom. The minimum absolute atomic E-state index is 0.174. The number of carbonyl (C=O) groups is 1. The molecular weight excluding hydrogens is 362 g/mol. The highest BCUT2D eigenvalue weighted by molar-refractivity contribution is 5.80. The Labute approximate surface area is 175 Å². The van der Waals surface area contributed by atoms with Crippen LogP contribution in [0.15, 0.2) is 35.3 Å². The van der Waals surface area contributed by atoms with Gasteiger partial charge in [-0.3, -0.25) is 14.7 Å². The molecule has 2 aliphatic rings. The maximum atomic E-state index is 11.8. The molecule has 1 saturated carbocycles. The van der Waals surface area contributed by atoms with Crippen LogP contribution in [0.5, 0.6) is 0 Å². The summed E-state index contributed by atoms with van der Waals surface area (Å²) in [5.74, 6) is 1.16. The lowest BCUT2D eigenvalue weighted by Gasteiger charge is -2.40. The first-order chi connectivity index (χ1) is 14.2. The second-order valence-electron chi connectivity index (χ2n) is 8.04. The molecule has 1 amide bonds. The molecular formula is C23H37N5O. The highest BCUT2D eigenvalue weighted by Crippen LogP contribution is 2.25. The number of benzene rings is 1. The first-order valence-corrected chi connectivity index (χ1v) is 11.3. The van der Waals surface area contributed by atoms with E-state index in [-0.39, 0.29) is 5.91 Å². The van der Waals surface area contributed by atoms with E-state index in [1.54, 1.807) is 0 Å². The number of guanidine groups is 1. The molecule has 1 aliphatic carbocycles. The Hall–Kier alpha value is -2.08. The summed E-state index contributed by atoms with van der Waals surface area (Å²) in [7, 11) is 0. The minimum Gasteiger partial charge on any atom is -0.357 e. The van der Waals surface area contributed by atoms with E-state index in [1.807, 2.05) is 0 Å². The van der Waals surface area contributed by atoms with E-state index in [2.05, 4.69) is 64.6 Å². The van der Waals surface area contributed by atoms with Crippen LogP contribution in [0.4, 0.5) is 0 Å². The van der Waals surface area contributed by atoms with E-state index in [1.165, 1.54) is 5.56 Å². The summed E-state index contributed by atoms with van der Waals surface area (Å²) >= 11 is 0. The quantitative estimate of drug-likeness (QED) is 0.381. The van der Waals surface area contributed by atoms with Gasteiger partial charge < -0.3 is 15.5 Å². The summed E-state index contributed by atoms with van der Waals surface area (Å²) in [6.07, 6.45) is 4.79. The zero-order valence-corrected chi connectivity index (χ0v) is 18.1. The van der Waals surface area contributed by atoms with E-state index < -0.39 is 0 Å². The van der Waals surface area contributed by atoms with Crippen LogP contribution in [0.3, 0.4) is 0 Å². The first-order valence-electron chi connectivity index (χ1n) is 11.3. The average molecular weight is 400 g/mol. The molecule has 0 aromatic heterocycles. The highest BCUT2D eigenvalue weighted by Gasteiger charge is 2.25. The summed E-state index contributed by atoms with van der Waals surface area (Å²) in [5, 5.41) is 6.48. The molecule has 2 fully saturated rings. The van der Waals surface area contributed by atoms with Gasteiger partial charge in [0.1, 0.15) is 0 Å². The molecule has 0 spiro atoms. The summed E-state index contributed by atoms with van der Waals surface area (Å²) in [6.45, 7) is 10.00. The maximum Gasteiger partial charge on any atom is 0.220 e. The number of piperazine rings is 1. The van der Waals surface area contributed by atoms with Gasteiger partial charge in [0.05, 0.1) is 0 Å². The Morgan fingerprint density at radius 2 is 1.86 bits per heavy atom. The van der Waals surface area contributed by atoms with Crippen molar-refractivity contribution in [2.75, 3.05) is 39.3 Å². The van der Waals surface area contributed by atoms with Gasteiger partial charge in [-0.25, -0.2) is 0 Å². The molecule has 1 atom stereocenters. The Morgan fingerprint density at radius 1 is 1.14 bits per heavy atom. The predicted octanol–water partition coefficient (Wildman–Crippen LogP) is 2.78. The van der Waals surface area contributed by atoms with E-state index in [4.69, 9.17) is 4.99 Å². The molecule has 6 nitrogen and oxygen atoms in total. The summed E-state index contributed by atoms with van der Waals surface area (Å²) in [4.78, 5) is 21.6. The van der Waals surface area contributed by atoms with Crippen molar-refractivity contribution in [2.45, 2.75) is 58.0 Å². The van der Waals surface area contributed by atoms with Crippen LogP contribution in [-0.4, -0.2) is 67.0 Å². The number of rotatable bonds is 9. The molecule has 1 aliphatic heterocycles. The first kappa shape index (κ1) is 21.6. The van der Waals surface area contributed by atoms with Crippen LogP contribution in [-0.2, 0) is 4.79 Å². The van der Waals surface area contributed by atoms with E-state index in [0.717, 1.165) is 64.4 Å². The molecule has 0 bridgehead atoms. The number of aliphatic imine (C=N–C) groups is 1. The molecule has 1 heterocycles. The van der Waals surface area contributed by atoms with E-state index in [0.29, 0.717) is 25.0 Å². The summed E-state index contributed by atoms with van der Waals surface area (Å²) in [5.41, 5.74) is 1.41. The molecule has 0 radical (unpaired) electrons. The van der Waals surface area contributed by atoms with Crippen LogP contribution in [0.25, 0.3) is 0 Å². The van der Waals surface area contributed by atoms with Gasteiger partial charge in [0.25, 0.3) is 0 Å². The van der Waals surface area contributed by atoms with Crippen molar-refractivity contribution in [3.05, 3.63) is 35.9 Å². The molecule has 29 heavy (non-hydrogen) atoms. The van der Waals surface area contributed by atoms with Gasteiger partial charge in [-0.15, -0.1) is 0 Å². The Kier molecular flexibility index (Phi) is 8.35. The molecule has 1 aromatic carbocycles. The van der Waals surface area contributed by atoms with Crippen molar-refractivity contribution in [3.63, 3.8) is 0 Å². The zero-order valence-electron chi connectivity index (χ0n) is 18.1. The average Bonchev–Trinajstić information content (AvgIpc) is 3.56. The van der Waals surface area contributed by atoms with Gasteiger partial charge >= 0.3 is 0 Å². The fraction of sp³-hybridized carbons (Fsp3) is 0.652. The highest BCUT2D eigenvalue weighted by atomic mass is 16.1. The SMILES string of the molecule is CCNC(=NCCCC(=O)NC1CC1)N1CCN(C(CC)c2ccccc2)CC1. The number of hydrogen-bond donors (Lipinski definition) is 2. The number of nitrogens with zero attached hydrogens (tertiary/aromatic N) is 3. The second-order valence-corrected chi connectivity index (χ2v) is 8.04. The third-order valence-electron chi connectivity index (χ3n) is 5.73. The third-order valence-corrected chi connectivity index (χ3v) is 5.73. The maximum absolute atomic E-state index is 11.8. The Balaban J connectivity index is 1.47. The number of amides is 1. The smallest absolute Gasteiger partial charge is 0.220 e. The number of carbonyl (C=O) groups excluding carboxylic acids is 1. The molecule has 1 saturated heterocycles. The van der Waals surface area contributed by atoms with Gasteiger partial charge in [-0.2, -0.15) is 0 Å². The van der Waals surface area contributed by atoms with Crippen LogP contribution < -0.4 is 10.6 Å². The fourth-order valence-corrected chi connectivity index (χ4v) is 4.00. The molecule has 1 aromatic rings. The monoisotopic (exact) mass is 399 g/mol. The summed E-state index contributed by atoms with van der Waals surface area (Å²) in [6, 6.07) is 11.8.